The summed E-state index contributed by atoms with van der Waals surface area (Å²) in [4.78, 5) is 35.3. The van der Waals surface area contributed by atoms with E-state index in [2.05, 4.69) is 5.32 Å². The minimum atomic E-state index is -0.729. The van der Waals surface area contributed by atoms with Crippen LogP contribution >= 0.6 is 34.8 Å². The summed E-state index contributed by atoms with van der Waals surface area (Å²) in [5, 5.41) is 1.17. The van der Waals surface area contributed by atoms with Crippen LogP contribution in [-0.4, -0.2) is 35.5 Å². The molecule has 0 aliphatic rings. The lowest BCUT2D eigenvalue weighted by Crippen LogP contribution is -2.22. The highest BCUT2D eigenvalue weighted by molar-refractivity contribution is 6.69. The van der Waals surface area contributed by atoms with Crippen molar-refractivity contribution < 1.29 is 19.1 Å². The fourth-order valence-corrected chi connectivity index (χ4v) is 3.07. The van der Waals surface area contributed by atoms with Gasteiger partial charge in [-0.25, -0.2) is 0 Å². The molecule has 0 atom stereocenters. The molecule has 5 nitrogen and oxygen atoms in total. The Balaban J connectivity index is 0.00000277. The number of halogens is 3. The van der Waals surface area contributed by atoms with Gasteiger partial charge in [-0.15, -0.1) is 11.6 Å². The van der Waals surface area contributed by atoms with Crippen LogP contribution in [0.25, 0.3) is 0 Å². The molecule has 0 saturated carbocycles. The number of hydrogen-bond acceptors (Lipinski definition) is 4. The lowest BCUT2D eigenvalue weighted by atomic mass is 9.92. The molecule has 1 amide bonds. The number of carbonyl (C=O) groups is 3. The summed E-state index contributed by atoms with van der Waals surface area (Å²) >= 11 is 16.7. The van der Waals surface area contributed by atoms with Crippen molar-refractivity contribution in [1.82, 2.24) is 0 Å². The summed E-state index contributed by atoms with van der Waals surface area (Å²) in [6.45, 7) is 8.88. The predicted molar refractivity (Wildman–Crippen MR) is 103 cm³/mol. The first-order valence-electron chi connectivity index (χ1n) is 7.69. The van der Waals surface area contributed by atoms with Gasteiger partial charge in [0.05, 0.1) is 6.61 Å². The number of hydrogen-bond donors (Lipinski definition) is 1. The minimum absolute atomic E-state index is 0.151. The topological polar surface area (TPSA) is 72.5 Å². The number of benzene rings is 1. The number of carbonyl (C=O) groups excluding carboxylic acids is 3. The zero-order valence-corrected chi connectivity index (χ0v) is 17.2. The van der Waals surface area contributed by atoms with Crippen LogP contribution in [0.4, 0.5) is 5.69 Å². The molecule has 1 rings (SSSR count). The highest BCUT2D eigenvalue weighted by atomic mass is 35.5. The van der Waals surface area contributed by atoms with Crippen LogP contribution in [0.5, 0.6) is 0 Å². The van der Waals surface area contributed by atoms with E-state index in [-0.39, 0.29) is 30.2 Å². The van der Waals surface area contributed by atoms with Crippen molar-refractivity contribution in [2.24, 2.45) is 0 Å². The number of alkyl halides is 1. The number of amides is 1. The Kier molecular flexibility index (Phi) is 10.9. The SMILES string of the molecule is CC.Cc1c(NC(=O)COCCCl)c(C)c(C(=O)Cl)c(C)c1C(=O)Cl. The molecule has 1 aromatic rings. The Morgan fingerprint density at radius 2 is 1.36 bits per heavy atom. The number of rotatable bonds is 7. The fraction of sp³-hybridized carbons (Fsp3) is 0.471. The predicted octanol–water partition coefficient (Wildman–Crippen LogP) is 4.59. The molecule has 0 unspecified atom stereocenters. The molecule has 140 valence electrons. The second-order valence-corrected chi connectivity index (χ2v) is 5.90. The monoisotopic (exact) mass is 409 g/mol. The minimum Gasteiger partial charge on any atom is -0.370 e. The third kappa shape index (κ3) is 6.26. The van der Waals surface area contributed by atoms with Crippen molar-refractivity contribution in [3.05, 3.63) is 27.8 Å². The first kappa shape index (κ1) is 23.9. The van der Waals surface area contributed by atoms with E-state index in [4.69, 9.17) is 39.5 Å². The maximum absolute atomic E-state index is 11.9. The molecule has 1 aromatic carbocycles. The van der Waals surface area contributed by atoms with E-state index in [0.717, 1.165) is 0 Å². The highest BCUT2D eigenvalue weighted by Gasteiger charge is 2.24. The Labute approximate surface area is 163 Å². The van der Waals surface area contributed by atoms with Crippen LogP contribution in [0.1, 0.15) is 51.3 Å². The van der Waals surface area contributed by atoms with Crippen molar-refractivity contribution in [3.8, 4) is 0 Å². The van der Waals surface area contributed by atoms with E-state index < -0.39 is 16.4 Å². The normalized spacial score (nSPS) is 9.92. The Bertz CT molecular complexity index is 619. The molecule has 0 aromatic heterocycles. The van der Waals surface area contributed by atoms with Crippen LogP contribution < -0.4 is 5.32 Å². The van der Waals surface area contributed by atoms with Gasteiger partial charge in [-0.05, 0) is 60.7 Å². The zero-order chi connectivity index (χ0) is 19.7. The van der Waals surface area contributed by atoms with Crippen molar-refractivity contribution >= 4 is 56.9 Å². The average Bonchev–Trinajstić information content (AvgIpc) is 2.53. The first-order valence-corrected chi connectivity index (χ1v) is 8.98. The van der Waals surface area contributed by atoms with Gasteiger partial charge < -0.3 is 10.1 Å². The molecule has 0 bridgehead atoms. The van der Waals surface area contributed by atoms with E-state index in [1.807, 2.05) is 13.8 Å². The summed E-state index contributed by atoms with van der Waals surface area (Å²) in [7, 11) is 0. The highest BCUT2D eigenvalue weighted by Crippen LogP contribution is 2.33. The molecule has 0 aliphatic carbocycles. The second kappa shape index (κ2) is 11.5. The average molecular weight is 411 g/mol. The summed E-state index contributed by atoms with van der Waals surface area (Å²) < 4.78 is 5.05. The van der Waals surface area contributed by atoms with Gasteiger partial charge >= 0.3 is 0 Å². The van der Waals surface area contributed by atoms with Gasteiger partial charge in [-0.1, -0.05) is 13.8 Å². The molecule has 25 heavy (non-hydrogen) atoms. The number of anilines is 1. The smallest absolute Gasteiger partial charge is 0.253 e. The van der Waals surface area contributed by atoms with Gasteiger partial charge in [0.25, 0.3) is 10.5 Å². The zero-order valence-electron chi connectivity index (χ0n) is 14.9. The van der Waals surface area contributed by atoms with Gasteiger partial charge in [-0.3, -0.25) is 14.4 Å². The summed E-state index contributed by atoms with van der Waals surface area (Å²) in [5.41, 5.74) is 1.94. The Morgan fingerprint density at radius 1 is 0.920 bits per heavy atom. The van der Waals surface area contributed by atoms with Gasteiger partial charge in [0, 0.05) is 22.7 Å². The van der Waals surface area contributed by atoms with Crippen LogP contribution in [0.15, 0.2) is 0 Å². The Morgan fingerprint density at radius 3 is 1.72 bits per heavy atom. The van der Waals surface area contributed by atoms with Crippen molar-refractivity contribution in [2.45, 2.75) is 34.6 Å². The van der Waals surface area contributed by atoms with Crippen LogP contribution in [0.2, 0.25) is 0 Å². The van der Waals surface area contributed by atoms with Crippen molar-refractivity contribution in [3.63, 3.8) is 0 Å². The van der Waals surface area contributed by atoms with Crippen molar-refractivity contribution in [2.75, 3.05) is 24.4 Å². The number of nitrogens with one attached hydrogen (secondary N) is 1. The van der Waals surface area contributed by atoms with E-state index in [0.29, 0.717) is 22.4 Å². The van der Waals surface area contributed by atoms with Crippen LogP contribution in [-0.2, 0) is 9.53 Å². The number of ether oxygens (including phenoxy) is 1. The van der Waals surface area contributed by atoms with E-state index in [1.54, 1.807) is 20.8 Å². The molecule has 1 N–H and O–H groups in total. The first-order chi connectivity index (χ1) is 11.7. The fourth-order valence-electron chi connectivity index (χ4n) is 2.39. The summed E-state index contributed by atoms with van der Waals surface area (Å²) in [6, 6.07) is 0. The maximum atomic E-state index is 11.9. The molecular formula is C17H22Cl3NO4. The third-order valence-corrected chi connectivity index (χ3v) is 3.89. The molecule has 0 aliphatic heterocycles. The van der Waals surface area contributed by atoms with E-state index in [9.17, 15) is 14.4 Å². The molecule has 0 saturated heterocycles. The lowest BCUT2D eigenvalue weighted by molar-refractivity contribution is -0.120. The molecule has 0 fully saturated rings. The summed E-state index contributed by atoms with van der Waals surface area (Å²) in [5.74, 6) is -0.169. The molecule has 0 heterocycles. The third-order valence-electron chi connectivity index (χ3n) is 3.36. The van der Waals surface area contributed by atoms with Gasteiger partial charge in [0.15, 0.2) is 0 Å². The molecule has 0 spiro atoms. The van der Waals surface area contributed by atoms with Crippen molar-refractivity contribution in [1.29, 1.82) is 0 Å². The van der Waals surface area contributed by atoms with Gasteiger partial charge in [-0.2, -0.15) is 0 Å². The molecule has 8 heteroatoms. The quantitative estimate of drug-likeness (QED) is 0.405. The largest absolute Gasteiger partial charge is 0.370 e. The summed E-state index contributed by atoms with van der Waals surface area (Å²) in [6.07, 6.45) is 0. The van der Waals surface area contributed by atoms with Gasteiger partial charge in [0.2, 0.25) is 5.91 Å². The van der Waals surface area contributed by atoms with Gasteiger partial charge in [0.1, 0.15) is 6.61 Å². The van der Waals surface area contributed by atoms with Crippen LogP contribution in [0, 0.1) is 20.8 Å². The molecular weight excluding hydrogens is 389 g/mol. The lowest BCUT2D eigenvalue weighted by Gasteiger charge is -2.19. The van der Waals surface area contributed by atoms with E-state index >= 15 is 0 Å². The molecule has 0 radical (unpaired) electrons. The second-order valence-electron chi connectivity index (χ2n) is 4.84. The standard InChI is InChI=1S/C15H16Cl3NO4.C2H6/c1-7-11(14(17)21)8(2)13(9(3)12(7)15(18)22)19-10(20)6-23-5-4-16;1-2/h4-6H2,1-3H3,(H,19,20);1-2H3. The van der Waals surface area contributed by atoms with E-state index in [1.165, 1.54) is 0 Å². The Hall–Kier alpha value is -1.14. The maximum Gasteiger partial charge on any atom is 0.253 e. The van der Waals surface area contributed by atoms with Crippen LogP contribution in [0.3, 0.4) is 0 Å².